The van der Waals surface area contributed by atoms with Crippen molar-refractivity contribution in [2.45, 2.75) is 65.0 Å². The normalized spacial score (nSPS) is 26.2. The molecule has 2 rings (SSSR count). The van der Waals surface area contributed by atoms with Crippen LogP contribution < -0.4 is 5.73 Å². The van der Waals surface area contributed by atoms with Crippen LogP contribution in [0.15, 0.2) is 12.4 Å². The molecule has 0 saturated heterocycles. The summed E-state index contributed by atoms with van der Waals surface area (Å²) in [6.45, 7) is 5.40. The molecular formula is C15H27N3. The van der Waals surface area contributed by atoms with Crippen molar-refractivity contribution in [2.24, 2.45) is 17.6 Å². The van der Waals surface area contributed by atoms with E-state index in [1.54, 1.807) is 0 Å². The summed E-state index contributed by atoms with van der Waals surface area (Å²) < 4.78 is 2.18. The summed E-state index contributed by atoms with van der Waals surface area (Å²) in [5.41, 5.74) is 6.43. The second kappa shape index (κ2) is 6.37. The lowest BCUT2D eigenvalue weighted by Crippen LogP contribution is -2.28. The van der Waals surface area contributed by atoms with Crippen molar-refractivity contribution in [3.8, 4) is 0 Å². The Labute approximate surface area is 111 Å². The number of aryl methyl sites for hydroxylation is 1. The Bertz CT molecular complexity index is 350. The van der Waals surface area contributed by atoms with Gasteiger partial charge in [0, 0.05) is 18.9 Å². The molecule has 0 aromatic carbocycles. The first-order chi connectivity index (χ1) is 8.76. The molecule has 1 unspecified atom stereocenters. The van der Waals surface area contributed by atoms with E-state index in [-0.39, 0.29) is 6.04 Å². The van der Waals surface area contributed by atoms with Crippen LogP contribution in [0.5, 0.6) is 0 Å². The van der Waals surface area contributed by atoms with E-state index in [0.717, 1.165) is 18.3 Å². The first kappa shape index (κ1) is 13.6. The second-order valence-electron chi connectivity index (χ2n) is 5.67. The van der Waals surface area contributed by atoms with Gasteiger partial charge in [0.1, 0.15) is 5.82 Å². The fourth-order valence-corrected chi connectivity index (χ4v) is 3.34. The summed E-state index contributed by atoms with van der Waals surface area (Å²) in [5.74, 6) is 2.66. The number of nitrogens with two attached hydrogens (primary N) is 1. The molecule has 0 aliphatic heterocycles. The van der Waals surface area contributed by atoms with Gasteiger partial charge < -0.3 is 10.3 Å². The Morgan fingerprint density at radius 3 is 2.67 bits per heavy atom. The van der Waals surface area contributed by atoms with Crippen LogP contribution in [-0.2, 0) is 6.54 Å². The Hall–Kier alpha value is -0.830. The molecule has 18 heavy (non-hydrogen) atoms. The molecule has 1 aromatic rings. The van der Waals surface area contributed by atoms with E-state index in [9.17, 15) is 0 Å². The van der Waals surface area contributed by atoms with Crippen LogP contribution in [0.2, 0.25) is 0 Å². The van der Waals surface area contributed by atoms with E-state index in [0.29, 0.717) is 5.92 Å². The minimum absolute atomic E-state index is 0.127. The Morgan fingerprint density at radius 2 is 2.06 bits per heavy atom. The molecule has 1 atom stereocenters. The summed E-state index contributed by atoms with van der Waals surface area (Å²) in [6, 6.07) is 0.127. The predicted molar refractivity (Wildman–Crippen MR) is 75.2 cm³/mol. The number of hydrogen-bond donors (Lipinski definition) is 1. The van der Waals surface area contributed by atoms with Crippen LogP contribution in [0.1, 0.15) is 64.2 Å². The SMILES string of the molecule is CCCC1CCC(C(N)c2nccn2CC)CC1. The van der Waals surface area contributed by atoms with Gasteiger partial charge in [0.05, 0.1) is 6.04 Å². The number of rotatable bonds is 5. The number of hydrogen-bond acceptors (Lipinski definition) is 2. The number of nitrogens with zero attached hydrogens (tertiary/aromatic N) is 2. The van der Waals surface area contributed by atoms with Crippen LogP contribution >= 0.6 is 0 Å². The fraction of sp³-hybridized carbons (Fsp3) is 0.800. The highest BCUT2D eigenvalue weighted by atomic mass is 15.1. The van der Waals surface area contributed by atoms with Crippen molar-refractivity contribution in [1.29, 1.82) is 0 Å². The summed E-state index contributed by atoms with van der Waals surface area (Å²) in [7, 11) is 0. The molecule has 2 N–H and O–H groups in total. The third-order valence-electron chi connectivity index (χ3n) is 4.48. The Kier molecular flexibility index (Phi) is 4.81. The molecule has 0 amide bonds. The van der Waals surface area contributed by atoms with Gasteiger partial charge in [-0.3, -0.25) is 0 Å². The molecule has 1 heterocycles. The quantitative estimate of drug-likeness (QED) is 0.868. The Balaban J connectivity index is 1.93. The minimum atomic E-state index is 0.127. The molecule has 0 radical (unpaired) electrons. The van der Waals surface area contributed by atoms with Crippen LogP contribution in [0.4, 0.5) is 0 Å². The first-order valence-corrected chi connectivity index (χ1v) is 7.52. The lowest BCUT2D eigenvalue weighted by atomic mass is 9.77. The van der Waals surface area contributed by atoms with Gasteiger partial charge in [-0.1, -0.05) is 32.6 Å². The lowest BCUT2D eigenvalue weighted by Gasteiger charge is -2.32. The molecule has 0 spiro atoms. The maximum Gasteiger partial charge on any atom is 0.125 e. The maximum atomic E-state index is 6.43. The van der Waals surface area contributed by atoms with Gasteiger partial charge in [0.25, 0.3) is 0 Å². The van der Waals surface area contributed by atoms with Gasteiger partial charge in [0.2, 0.25) is 0 Å². The minimum Gasteiger partial charge on any atom is -0.334 e. The van der Waals surface area contributed by atoms with Crippen LogP contribution in [0.3, 0.4) is 0 Å². The monoisotopic (exact) mass is 249 g/mol. The van der Waals surface area contributed by atoms with Gasteiger partial charge >= 0.3 is 0 Å². The third-order valence-corrected chi connectivity index (χ3v) is 4.48. The van der Waals surface area contributed by atoms with Crippen LogP contribution in [0.25, 0.3) is 0 Å². The molecule has 1 fully saturated rings. The topological polar surface area (TPSA) is 43.8 Å². The number of imidazole rings is 1. The molecule has 1 aliphatic rings. The Morgan fingerprint density at radius 1 is 1.33 bits per heavy atom. The second-order valence-corrected chi connectivity index (χ2v) is 5.67. The molecule has 1 aromatic heterocycles. The standard InChI is InChI=1S/C15H27N3/c1-3-5-12-6-8-13(9-7-12)14(16)15-17-10-11-18(15)4-2/h10-14H,3-9,16H2,1-2H3. The largest absolute Gasteiger partial charge is 0.334 e. The fourth-order valence-electron chi connectivity index (χ4n) is 3.34. The molecule has 0 bridgehead atoms. The van der Waals surface area contributed by atoms with Gasteiger partial charge in [0.15, 0.2) is 0 Å². The van der Waals surface area contributed by atoms with Crippen molar-refractivity contribution in [1.82, 2.24) is 9.55 Å². The highest BCUT2D eigenvalue weighted by molar-refractivity contribution is 5.01. The van der Waals surface area contributed by atoms with Crippen molar-refractivity contribution >= 4 is 0 Å². The van der Waals surface area contributed by atoms with Crippen LogP contribution in [-0.4, -0.2) is 9.55 Å². The highest BCUT2D eigenvalue weighted by Crippen LogP contribution is 2.36. The highest BCUT2D eigenvalue weighted by Gasteiger charge is 2.28. The predicted octanol–water partition coefficient (Wildman–Crippen LogP) is 3.51. The van der Waals surface area contributed by atoms with E-state index in [1.807, 2.05) is 12.4 Å². The summed E-state index contributed by atoms with van der Waals surface area (Å²) in [5, 5.41) is 0. The van der Waals surface area contributed by atoms with Crippen molar-refractivity contribution in [3.63, 3.8) is 0 Å². The first-order valence-electron chi connectivity index (χ1n) is 7.52. The molecule has 1 saturated carbocycles. The number of aromatic nitrogens is 2. The summed E-state index contributed by atoms with van der Waals surface area (Å²) in [4.78, 5) is 4.46. The smallest absolute Gasteiger partial charge is 0.125 e. The van der Waals surface area contributed by atoms with E-state index in [4.69, 9.17) is 5.73 Å². The lowest BCUT2D eigenvalue weighted by molar-refractivity contribution is 0.228. The van der Waals surface area contributed by atoms with Crippen molar-refractivity contribution in [3.05, 3.63) is 18.2 Å². The molecule has 1 aliphatic carbocycles. The summed E-state index contributed by atoms with van der Waals surface area (Å²) in [6.07, 6.45) is 11.9. The zero-order chi connectivity index (χ0) is 13.0. The average Bonchev–Trinajstić information content (AvgIpc) is 2.87. The maximum absolute atomic E-state index is 6.43. The van der Waals surface area contributed by atoms with Crippen LogP contribution in [0, 0.1) is 11.8 Å². The van der Waals surface area contributed by atoms with Crippen molar-refractivity contribution < 1.29 is 0 Å². The van der Waals surface area contributed by atoms with E-state index < -0.39 is 0 Å². The zero-order valence-electron chi connectivity index (χ0n) is 11.8. The molecule has 3 heteroatoms. The summed E-state index contributed by atoms with van der Waals surface area (Å²) >= 11 is 0. The molecule has 102 valence electrons. The van der Waals surface area contributed by atoms with Gasteiger partial charge in [-0.05, 0) is 31.6 Å². The van der Waals surface area contributed by atoms with Gasteiger partial charge in [-0.15, -0.1) is 0 Å². The van der Waals surface area contributed by atoms with E-state index >= 15 is 0 Å². The zero-order valence-corrected chi connectivity index (χ0v) is 11.8. The molecule has 3 nitrogen and oxygen atoms in total. The molecular weight excluding hydrogens is 222 g/mol. The average molecular weight is 249 g/mol. The van der Waals surface area contributed by atoms with Gasteiger partial charge in [-0.2, -0.15) is 0 Å². The van der Waals surface area contributed by atoms with Crippen molar-refractivity contribution in [2.75, 3.05) is 0 Å². The van der Waals surface area contributed by atoms with E-state index in [2.05, 4.69) is 23.4 Å². The van der Waals surface area contributed by atoms with Gasteiger partial charge in [-0.25, -0.2) is 4.98 Å². The third kappa shape index (κ3) is 2.94. The van der Waals surface area contributed by atoms with E-state index in [1.165, 1.54) is 38.5 Å².